The molecule has 0 fully saturated rings. The molecule has 0 aromatic heterocycles. The fraction of sp³-hybridized carbons (Fsp3) is 0.160. The Bertz CT molecular complexity index is 1320. The zero-order chi connectivity index (χ0) is 25.4. The Morgan fingerprint density at radius 2 is 1.46 bits per heavy atom. The Kier molecular flexibility index (Phi) is 8.21. The lowest BCUT2D eigenvalue weighted by Crippen LogP contribution is -2.14. The molecule has 0 bridgehead atoms. The molecule has 0 saturated heterocycles. The smallest absolute Gasteiger partial charge is 0.262 e. The Morgan fingerprint density at radius 1 is 0.771 bits per heavy atom. The Morgan fingerprint density at radius 3 is 2.09 bits per heavy atom. The highest BCUT2D eigenvalue weighted by Gasteiger charge is 2.17. The summed E-state index contributed by atoms with van der Waals surface area (Å²) in [6, 6.07) is 15.8. The van der Waals surface area contributed by atoms with E-state index in [0.29, 0.717) is 28.7 Å². The molecule has 3 rings (SSSR count). The summed E-state index contributed by atoms with van der Waals surface area (Å²) in [6.07, 6.45) is 2.99. The molecule has 9 nitrogen and oxygen atoms in total. The molecule has 0 aliphatic rings. The van der Waals surface area contributed by atoms with Crippen molar-refractivity contribution in [3.8, 4) is 23.0 Å². The summed E-state index contributed by atoms with van der Waals surface area (Å²) in [5.74, 6) is 1.61. The molecule has 0 aliphatic heterocycles. The average Bonchev–Trinajstić information content (AvgIpc) is 2.87. The van der Waals surface area contributed by atoms with Crippen molar-refractivity contribution in [3.05, 3.63) is 72.3 Å². The molecule has 2 N–H and O–H groups in total. The summed E-state index contributed by atoms with van der Waals surface area (Å²) in [4.78, 5) is 12.3. The number of hydrogen-bond acceptors (Lipinski definition) is 7. The Balaban J connectivity index is 1.67. The van der Waals surface area contributed by atoms with Crippen LogP contribution >= 0.6 is 0 Å². The van der Waals surface area contributed by atoms with Gasteiger partial charge in [-0.1, -0.05) is 6.07 Å². The standard InChI is InChI=1S/C25H26N2O7S/c1-31-19-9-12-21(23(16-19)33-3)27-35(29,30)20-10-7-18(8-11-20)26-25(28)14-6-17-5-13-22(32-2)24(15-17)34-4/h5-16,27H,1-4H3,(H,26,28). The van der Waals surface area contributed by atoms with Crippen molar-refractivity contribution >= 4 is 33.4 Å². The fourth-order valence-electron chi connectivity index (χ4n) is 3.12. The SMILES string of the molecule is COc1ccc(NS(=O)(=O)c2ccc(NC(=O)C=Cc3ccc(OC)c(OC)c3)cc2)c(OC)c1. The van der Waals surface area contributed by atoms with Crippen LogP contribution in [0.5, 0.6) is 23.0 Å². The number of ether oxygens (including phenoxy) is 4. The number of anilines is 2. The first-order valence-corrected chi connectivity index (χ1v) is 11.8. The monoisotopic (exact) mass is 498 g/mol. The number of carbonyl (C=O) groups excluding carboxylic acids is 1. The topological polar surface area (TPSA) is 112 Å². The van der Waals surface area contributed by atoms with Gasteiger partial charge in [0.25, 0.3) is 10.0 Å². The van der Waals surface area contributed by atoms with Crippen molar-refractivity contribution in [1.29, 1.82) is 0 Å². The maximum atomic E-state index is 12.8. The van der Waals surface area contributed by atoms with E-state index in [4.69, 9.17) is 18.9 Å². The minimum Gasteiger partial charge on any atom is -0.497 e. The molecule has 1 amide bonds. The van der Waals surface area contributed by atoms with Gasteiger partial charge in [-0.15, -0.1) is 0 Å². The van der Waals surface area contributed by atoms with Gasteiger partial charge in [0.1, 0.15) is 11.5 Å². The molecule has 10 heteroatoms. The molecule has 0 atom stereocenters. The molecular weight excluding hydrogens is 472 g/mol. The van der Waals surface area contributed by atoms with Gasteiger partial charge < -0.3 is 24.3 Å². The predicted molar refractivity (Wildman–Crippen MR) is 134 cm³/mol. The van der Waals surface area contributed by atoms with E-state index in [-0.39, 0.29) is 16.5 Å². The van der Waals surface area contributed by atoms with Gasteiger partial charge in [-0.3, -0.25) is 9.52 Å². The molecule has 3 aromatic carbocycles. The van der Waals surface area contributed by atoms with Crippen LogP contribution in [-0.4, -0.2) is 42.8 Å². The molecule has 0 unspecified atom stereocenters. The van der Waals surface area contributed by atoms with Gasteiger partial charge in [-0.2, -0.15) is 0 Å². The average molecular weight is 499 g/mol. The highest BCUT2D eigenvalue weighted by molar-refractivity contribution is 7.92. The van der Waals surface area contributed by atoms with Crippen LogP contribution in [0.25, 0.3) is 6.08 Å². The third kappa shape index (κ3) is 6.45. The number of sulfonamides is 1. The second-order valence-corrected chi connectivity index (χ2v) is 8.82. The van der Waals surface area contributed by atoms with Crippen LogP contribution < -0.4 is 29.0 Å². The molecule has 184 valence electrons. The molecule has 35 heavy (non-hydrogen) atoms. The number of carbonyl (C=O) groups is 1. The van der Waals surface area contributed by atoms with Crippen LogP contribution in [-0.2, 0) is 14.8 Å². The lowest BCUT2D eigenvalue weighted by atomic mass is 10.2. The van der Waals surface area contributed by atoms with Crippen LogP contribution in [0.3, 0.4) is 0 Å². The number of amides is 1. The summed E-state index contributed by atoms with van der Waals surface area (Å²) < 4.78 is 48.9. The van der Waals surface area contributed by atoms with Gasteiger partial charge in [0.2, 0.25) is 5.91 Å². The second-order valence-electron chi connectivity index (χ2n) is 7.13. The number of rotatable bonds is 10. The van der Waals surface area contributed by atoms with Gasteiger partial charge in [0.05, 0.1) is 39.0 Å². The lowest BCUT2D eigenvalue weighted by molar-refractivity contribution is -0.111. The van der Waals surface area contributed by atoms with Gasteiger partial charge in [-0.05, 0) is 60.2 Å². The van der Waals surface area contributed by atoms with Gasteiger partial charge in [0, 0.05) is 17.8 Å². The van der Waals surface area contributed by atoms with Crippen LogP contribution in [0.15, 0.2) is 71.6 Å². The molecule has 0 aliphatic carbocycles. The van der Waals surface area contributed by atoms with Crippen molar-refractivity contribution in [2.24, 2.45) is 0 Å². The van der Waals surface area contributed by atoms with Crippen molar-refractivity contribution in [2.75, 3.05) is 38.5 Å². The Hall–Kier alpha value is -4.18. The van der Waals surface area contributed by atoms with Gasteiger partial charge in [-0.25, -0.2) is 8.42 Å². The van der Waals surface area contributed by atoms with Crippen molar-refractivity contribution in [2.45, 2.75) is 4.90 Å². The normalized spacial score (nSPS) is 11.1. The number of methoxy groups -OCH3 is 4. The molecule has 0 heterocycles. The van der Waals surface area contributed by atoms with Crippen molar-refractivity contribution in [1.82, 2.24) is 0 Å². The zero-order valence-electron chi connectivity index (χ0n) is 19.7. The van der Waals surface area contributed by atoms with E-state index in [1.807, 2.05) is 0 Å². The highest BCUT2D eigenvalue weighted by atomic mass is 32.2. The molecule has 3 aromatic rings. The lowest BCUT2D eigenvalue weighted by Gasteiger charge is -2.13. The first-order chi connectivity index (χ1) is 16.8. The fourth-order valence-corrected chi connectivity index (χ4v) is 4.19. The molecule has 0 saturated carbocycles. The van der Waals surface area contributed by atoms with E-state index in [1.54, 1.807) is 49.6 Å². The van der Waals surface area contributed by atoms with Crippen molar-refractivity contribution in [3.63, 3.8) is 0 Å². The number of hydrogen-bond donors (Lipinski definition) is 2. The minimum atomic E-state index is -3.89. The molecule has 0 spiro atoms. The van der Waals surface area contributed by atoms with Gasteiger partial charge in [0.15, 0.2) is 11.5 Å². The van der Waals surface area contributed by atoms with Crippen LogP contribution in [0.1, 0.15) is 5.56 Å². The first-order valence-electron chi connectivity index (χ1n) is 10.4. The quantitative estimate of drug-likeness (QED) is 0.404. The maximum Gasteiger partial charge on any atom is 0.262 e. The van der Waals surface area contributed by atoms with Crippen LogP contribution in [0.2, 0.25) is 0 Å². The molecular formula is C25H26N2O7S. The molecule has 0 radical (unpaired) electrons. The largest absolute Gasteiger partial charge is 0.497 e. The van der Waals surface area contributed by atoms with E-state index in [2.05, 4.69) is 10.0 Å². The summed E-state index contributed by atoms with van der Waals surface area (Å²) in [7, 11) is 2.13. The first kappa shape index (κ1) is 25.4. The zero-order valence-corrected chi connectivity index (χ0v) is 20.5. The number of benzene rings is 3. The third-order valence-corrected chi connectivity index (χ3v) is 6.30. The second kappa shape index (κ2) is 11.3. The van der Waals surface area contributed by atoms with E-state index in [9.17, 15) is 13.2 Å². The summed E-state index contributed by atoms with van der Waals surface area (Å²) in [5, 5.41) is 2.69. The van der Waals surface area contributed by atoms with Crippen molar-refractivity contribution < 1.29 is 32.2 Å². The Labute approximate surface area is 204 Å². The predicted octanol–water partition coefficient (Wildman–Crippen LogP) is 4.17. The van der Waals surface area contributed by atoms with E-state index in [1.165, 1.54) is 51.7 Å². The summed E-state index contributed by atoms with van der Waals surface area (Å²) in [5.41, 5.74) is 1.46. The summed E-state index contributed by atoms with van der Waals surface area (Å²) in [6.45, 7) is 0. The van der Waals surface area contributed by atoms with Gasteiger partial charge >= 0.3 is 0 Å². The maximum absolute atomic E-state index is 12.8. The van der Waals surface area contributed by atoms with Crippen LogP contribution in [0, 0.1) is 0 Å². The van der Waals surface area contributed by atoms with E-state index in [0.717, 1.165) is 5.56 Å². The third-order valence-electron chi connectivity index (χ3n) is 4.92. The van der Waals surface area contributed by atoms with E-state index >= 15 is 0 Å². The minimum absolute atomic E-state index is 0.0224. The van der Waals surface area contributed by atoms with E-state index < -0.39 is 10.0 Å². The summed E-state index contributed by atoms with van der Waals surface area (Å²) >= 11 is 0. The number of nitrogens with one attached hydrogen (secondary N) is 2. The highest BCUT2D eigenvalue weighted by Crippen LogP contribution is 2.31. The van der Waals surface area contributed by atoms with Crippen LogP contribution in [0.4, 0.5) is 11.4 Å².